The molecule has 1 aromatic heterocycles. The zero-order valence-corrected chi connectivity index (χ0v) is 15.6. The summed E-state index contributed by atoms with van der Waals surface area (Å²) >= 11 is 0. The molecule has 3 aromatic carbocycles. The van der Waals surface area contributed by atoms with E-state index in [-0.39, 0.29) is 18.3 Å². The van der Waals surface area contributed by atoms with Gasteiger partial charge in [-0.1, -0.05) is 36.4 Å². The Morgan fingerprint density at radius 1 is 0.966 bits per heavy atom. The zero-order chi connectivity index (χ0) is 20.1. The molecule has 5 heteroatoms. The molecule has 0 aliphatic carbocycles. The van der Waals surface area contributed by atoms with Crippen LogP contribution in [-0.2, 0) is 13.2 Å². The average Bonchev–Trinajstić information content (AvgIpc) is 2.77. The SMILES string of the molecule is O=C(NCc1cc(OCc2ccccc2)ccc1F)c1ccc2ncccc2c1. The Morgan fingerprint density at radius 2 is 1.83 bits per heavy atom. The Morgan fingerprint density at radius 3 is 2.69 bits per heavy atom. The van der Waals surface area contributed by atoms with Crippen molar-refractivity contribution in [3.8, 4) is 5.75 Å². The van der Waals surface area contributed by atoms with Crippen molar-refractivity contribution in [1.82, 2.24) is 10.3 Å². The van der Waals surface area contributed by atoms with Crippen molar-refractivity contribution in [3.05, 3.63) is 108 Å². The Hall–Kier alpha value is -3.73. The number of aromatic nitrogens is 1. The molecule has 0 aliphatic rings. The first-order valence-electron chi connectivity index (χ1n) is 9.27. The summed E-state index contributed by atoms with van der Waals surface area (Å²) in [6.45, 7) is 0.460. The second kappa shape index (κ2) is 8.52. The monoisotopic (exact) mass is 386 g/mol. The molecule has 0 atom stereocenters. The number of rotatable bonds is 6. The van der Waals surface area contributed by atoms with E-state index in [0.29, 0.717) is 23.5 Å². The van der Waals surface area contributed by atoms with Crippen LogP contribution in [0.3, 0.4) is 0 Å². The zero-order valence-electron chi connectivity index (χ0n) is 15.6. The third-order valence-corrected chi connectivity index (χ3v) is 4.57. The maximum absolute atomic E-state index is 14.2. The molecule has 1 N–H and O–H groups in total. The molecule has 144 valence electrons. The van der Waals surface area contributed by atoms with E-state index in [0.717, 1.165) is 16.5 Å². The number of fused-ring (bicyclic) bond motifs is 1. The fraction of sp³-hybridized carbons (Fsp3) is 0.0833. The normalized spacial score (nSPS) is 10.7. The van der Waals surface area contributed by atoms with Gasteiger partial charge in [-0.2, -0.15) is 0 Å². The van der Waals surface area contributed by atoms with Gasteiger partial charge in [0.2, 0.25) is 0 Å². The van der Waals surface area contributed by atoms with Crippen LogP contribution in [0.4, 0.5) is 4.39 Å². The Labute approximate surface area is 168 Å². The summed E-state index contributed by atoms with van der Waals surface area (Å²) in [5.41, 5.74) is 2.71. The number of ether oxygens (including phenoxy) is 1. The first-order valence-corrected chi connectivity index (χ1v) is 9.27. The summed E-state index contributed by atoms with van der Waals surface area (Å²) in [6, 6.07) is 23.3. The average molecular weight is 386 g/mol. The maximum Gasteiger partial charge on any atom is 0.251 e. The summed E-state index contributed by atoms with van der Waals surface area (Å²) in [7, 11) is 0. The lowest BCUT2D eigenvalue weighted by molar-refractivity contribution is 0.0950. The fourth-order valence-electron chi connectivity index (χ4n) is 3.01. The lowest BCUT2D eigenvalue weighted by atomic mass is 10.1. The number of nitrogens with one attached hydrogen (secondary N) is 1. The Balaban J connectivity index is 1.42. The predicted molar refractivity (Wildman–Crippen MR) is 110 cm³/mol. The number of carbonyl (C=O) groups is 1. The highest BCUT2D eigenvalue weighted by molar-refractivity contribution is 5.97. The number of pyridine rings is 1. The van der Waals surface area contributed by atoms with E-state index in [1.54, 1.807) is 36.5 Å². The van der Waals surface area contributed by atoms with Crippen molar-refractivity contribution in [2.75, 3.05) is 0 Å². The van der Waals surface area contributed by atoms with Gasteiger partial charge in [0, 0.05) is 29.3 Å². The third kappa shape index (κ3) is 4.58. The minimum atomic E-state index is -0.389. The number of nitrogens with zero attached hydrogens (tertiary/aromatic N) is 1. The molecule has 0 bridgehead atoms. The van der Waals surface area contributed by atoms with E-state index in [2.05, 4.69) is 10.3 Å². The summed E-state index contributed by atoms with van der Waals surface area (Å²) in [5, 5.41) is 3.64. The molecular formula is C24H19FN2O2. The van der Waals surface area contributed by atoms with Crippen LogP contribution in [0.1, 0.15) is 21.5 Å². The fourth-order valence-corrected chi connectivity index (χ4v) is 3.01. The molecule has 1 amide bonds. The molecule has 0 saturated carbocycles. The molecule has 0 aliphatic heterocycles. The van der Waals surface area contributed by atoms with E-state index in [9.17, 15) is 9.18 Å². The maximum atomic E-state index is 14.2. The number of halogens is 1. The van der Waals surface area contributed by atoms with Crippen LogP contribution in [0.5, 0.6) is 5.75 Å². The minimum Gasteiger partial charge on any atom is -0.489 e. The van der Waals surface area contributed by atoms with Crippen LogP contribution < -0.4 is 10.1 Å². The molecule has 0 fully saturated rings. The first kappa shape index (κ1) is 18.6. The van der Waals surface area contributed by atoms with Crippen LogP contribution in [0, 0.1) is 5.82 Å². The molecular weight excluding hydrogens is 367 g/mol. The van der Waals surface area contributed by atoms with Crippen LogP contribution in [0.15, 0.2) is 85.1 Å². The topological polar surface area (TPSA) is 51.2 Å². The van der Waals surface area contributed by atoms with Gasteiger partial charge in [-0.25, -0.2) is 4.39 Å². The van der Waals surface area contributed by atoms with Gasteiger partial charge < -0.3 is 10.1 Å². The van der Waals surface area contributed by atoms with Crippen LogP contribution in [0.25, 0.3) is 10.9 Å². The highest BCUT2D eigenvalue weighted by Crippen LogP contribution is 2.19. The summed E-state index contributed by atoms with van der Waals surface area (Å²) in [6.07, 6.45) is 1.71. The minimum absolute atomic E-state index is 0.0677. The quantitative estimate of drug-likeness (QED) is 0.514. The van der Waals surface area contributed by atoms with Gasteiger partial charge in [0.1, 0.15) is 18.2 Å². The number of hydrogen-bond acceptors (Lipinski definition) is 3. The highest BCUT2D eigenvalue weighted by Gasteiger charge is 2.10. The standard InChI is InChI=1S/C24H19FN2O2/c25-22-10-9-21(29-16-17-5-2-1-3-6-17)14-20(22)15-27-24(28)19-8-11-23-18(13-19)7-4-12-26-23/h1-14H,15-16H2,(H,27,28). The van der Waals surface area contributed by atoms with Gasteiger partial charge >= 0.3 is 0 Å². The first-order chi connectivity index (χ1) is 14.2. The van der Waals surface area contributed by atoms with Crippen LogP contribution >= 0.6 is 0 Å². The van der Waals surface area contributed by atoms with Crippen molar-refractivity contribution in [2.45, 2.75) is 13.2 Å². The smallest absolute Gasteiger partial charge is 0.251 e. The lowest BCUT2D eigenvalue weighted by Crippen LogP contribution is -2.23. The van der Waals surface area contributed by atoms with E-state index in [1.165, 1.54) is 6.07 Å². The number of carbonyl (C=O) groups excluding carboxylic acids is 1. The molecule has 1 heterocycles. The predicted octanol–water partition coefficient (Wildman–Crippen LogP) is 4.88. The van der Waals surface area contributed by atoms with Gasteiger partial charge in [-0.3, -0.25) is 9.78 Å². The Bertz CT molecular complexity index is 1150. The van der Waals surface area contributed by atoms with Crippen molar-refractivity contribution in [2.24, 2.45) is 0 Å². The summed E-state index contributed by atoms with van der Waals surface area (Å²) in [4.78, 5) is 16.7. The van der Waals surface area contributed by atoms with Crippen molar-refractivity contribution in [1.29, 1.82) is 0 Å². The van der Waals surface area contributed by atoms with Crippen molar-refractivity contribution in [3.63, 3.8) is 0 Å². The number of hydrogen-bond donors (Lipinski definition) is 1. The van der Waals surface area contributed by atoms with E-state index in [4.69, 9.17) is 4.74 Å². The molecule has 4 rings (SSSR count). The highest BCUT2D eigenvalue weighted by atomic mass is 19.1. The molecule has 0 saturated heterocycles. The van der Waals surface area contributed by atoms with Crippen LogP contribution in [-0.4, -0.2) is 10.9 Å². The van der Waals surface area contributed by atoms with Gasteiger partial charge in [-0.05, 0) is 48.0 Å². The largest absolute Gasteiger partial charge is 0.489 e. The van der Waals surface area contributed by atoms with Crippen LogP contribution in [0.2, 0.25) is 0 Å². The summed E-state index contributed by atoms with van der Waals surface area (Å²) in [5.74, 6) is -0.109. The molecule has 29 heavy (non-hydrogen) atoms. The lowest BCUT2D eigenvalue weighted by Gasteiger charge is -2.10. The van der Waals surface area contributed by atoms with Gasteiger partial charge in [-0.15, -0.1) is 0 Å². The van der Waals surface area contributed by atoms with Crippen molar-refractivity contribution < 1.29 is 13.9 Å². The van der Waals surface area contributed by atoms with Gasteiger partial charge in [0.15, 0.2) is 0 Å². The molecule has 0 unspecified atom stereocenters. The van der Waals surface area contributed by atoms with E-state index in [1.807, 2.05) is 42.5 Å². The van der Waals surface area contributed by atoms with Gasteiger partial charge in [0.25, 0.3) is 5.91 Å². The van der Waals surface area contributed by atoms with E-state index >= 15 is 0 Å². The van der Waals surface area contributed by atoms with E-state index < -0.39 is 0 Å². The third-order valence-electron chi connectivity index (χ3n) is 4.57. The second-order valence-corrected chi connectivity index (χ2v) is 6.62. The van der Waals surface area contributed by atoms with Crippen molar-refractivity contribution >= 4 is 16.8 Å². The Kier molecular flexibility index (Phi) is 5.47. The molecule has 4 aromatic rings. The second-order valence-electron chi connectivity index (χ2n) is 6.62. The number of amides is 1. The summed E-state index contributed by atoms with van der Waals surface area (Å²) < 4.78 is 19.9. The molecule has 4 nitrogen and oxygen atoms in total. The molecule has 0 radical (unpaired) electrons. The van der Waals surface area contributed by atoms with Gasteiger partial charge in [0.05, 0.1) is 5.52 Å². The molecule has 0 spiro atoms. The number of benzene rings is 3.